The predicted molar refractivity (Wildman–Crippen MR) is 68.1 cm³/mol. The highest BCUT2D eigenvalue weighted by atomic mass is 32.2. The van der Waals surface area contributed by atoms with Gasteiger partial charge in [-0.2, -0.15) is 0 Å². The highest BCUT2D eigenvalue weighted by Gasteiger charge is 1.96. The van der Waals surface area contributed by atoms with Crippen LogP contribution in [0.15, 0.2) is 53.7 Å². The van der Waals surface area contributed by atoms with Crippen LogP contribution in [0.25, 0.3) is 0 Å². The fraction of sp³-hybridized carbons (Fsp3) is 0.154. The molecular weight excluding hydrogens is 216 g/mol. The van der Waals surface area contributed by atoms with Gasteiger partial charge in [-0.15, -0.1) is 11.8 Å². The molecule has 0 radical (unpaired) electrons. The topological polar surface area (TPSA) is 38.9 Å². The highest BCUT2D eigenvalue weighted by molar-refractivity contribution is 7.98. The molecule has 0 saturated carbocycles. The number of nitrogens with zero attached hydrogens (tertiary/aromatic N) is 1. The van der Waals surface area contributed by atoms with E-state index in [0.717, 1.165) is 5.75 Å². The molecule has 0 atom stereocenters. The van der Waals surface area contributed by atoms with E-state index in [-0.39, 0.29) is 0 Å². The monoisotopic (exact) mass is 230 g/mol. The molecule has 0 bridgehead atoms. The average molecular weight is 230 g/mol. The third-order valence-corrected chi connectivity index (χ3v) is 3.37. The Morgan fingerprint density at radius 1 is 1.06 bits per heavy atom. The molecule has 2 aromatic rings. The van der Waals surface area contributed by atoms with Crippen LogP contribution in [0.2, 0.25) is 0 Å². The van der Waals surface area contributed by atoms with Crippen LogP contribution in [0.1, 0.15) is 11.1 Å². The molecule has 2 N–H and O–H groups in total. The fourth-order valence-electron chi connectivity index (χ4n) is 1.37. The van der Waals surface area contributed by atoms with E-state index in [9.17, 15) is 0 Å². The van der Waals surface area contributed by atoms with Crippen LogP contribution in [-0.4, -0.2) is 4.98 Å². The van der Waals surface area contributed by atoms with E-state index in [1.165, 1.54) is 16.0 Å². The van der Waals surface area contributed by atoms with Gasteiger partial charge in [-0.1, -0.05) is 18.2 Å². The van der Waals surface area contributed by atoms with Gasteiger partial charge in [-0.3, -0.25) is 4.98 Å². The Balaban J connectivity index is 1.94. The summed E-state index contributed by atoms with van der Waals surface area (Å²) < 4.78 is 0. The zero-order valence-electron chi connectivity index (χ0n) is 8.97. The number of pyridine rings is 1. The molecule has 0 amide bonds. The molecule has 0 spiro atoms. The average Bonchev–Trinajstić information content (AvgIpc) is 2.38. The Morgan fingerprint density at radius 3 is 2.50 bits per heavy atom. The number of benzene rings is 1. The summed E-state index contributed by atoms with van der Waals surface area (Å²) in [6.45, 7) is 0.605. The summed E-state index contributed by atoms with van der Waals surface area (Å²) in [4.78, 5) is 5.36. The van der Waals surface area contributed by atoms with Gasteiger partial charge in [-0.05, 0) is 29.3 Å². The van der Waals surface area contributed by atoms with Gasteiger partial charge in [0.05, 0.1) is 0 Å². The molecule has 0 aliphatic heterocycles. The van der Waals surface area contributed by atoms with Gasteiger partial charge in [-0.25, -0.2) is 0 Å². The fourth-order valence-corrected chi connectivity index (χ4v) is 2.20. The molecule has 1 aromatic heterocycles. The summed E-state index contributed by atoms with van der Waals surface area (Å²) in [6, 6.07) is 12.4. The number of rotatable bonds is 4. The Bertz CT molecular complexity index is 425. The van der Waals surface area contributed by atoms with E-state index in [0.29, 0.717) is 6.54 Å². The normalized spacial score (nSPS) is 10.3. The lowest BCUT2D eigenvalue weighted by molar-refractivity contribution is 1.07. The first kappa shape index (κ1) is 11.2. The van der Waals surface area contributed by atoms with Crippen LogP contribution in [0, 0.1) is 0 Å². The van der Waals surface area contributed by atoms with Gasteiger partial charge >= 0.3 is 0 Å². The first-order valence-electron chi connectivity index (χ1n) is 5.19. The van der Waals surface area contributed by atoms with E-state index in [4.69, 9.17) is 5.73 Å². The summed E-state index contributed by atoms with van der Waals surface area (Å²) in [5.74, 6) is 0.954. The van der Waals surface area contributed by atoms with Crippen molar-refractivity contribution in [3.8, 4) is 0 Å². The molecule has 2 rings (SSSR count). The van der Waals surface area contributed by atoms with Gasteiger partial charge in [0.15, 0.2) is 0 Å². The lowest BCUT2D eigenvalue weighted by Crippen LogP contribution is -1.94. The highest BCUT2D eigenvalue weighted by Crippen LogP contribution is 2.22. The summed E-state index contributed by atoms with van der Waals surface area (Å²) in [5.41, 5.74) is 7.97. The van der Waals surface area contributed by atoms with Gasteiger partial charge in [0, 0.05) is 29.6 Å². The van der Waals surface area contributed by atoms with Crippen molar-refractivity contribution in [3.05, 3.63) is 59.9 Å². The minimum absolute atomic E-state index is 0.605. The third kappa shape index (κ3) is 3.08. The Labute approximate surface area is 99.9 Å². The van der Waals surface area contributed by atoms with Crippen LogP contribution < -0.4 is 5.73 Å². The minimum atomic E-state index is 0.605. The Kier molecular flexibility index (Phi) is 3.97. The van der Waals surface area contributed by atoms with Crippen LogP contribution in [0.3, 0.4) is 0 Å². The van der Waals surface area contributed by atoms with Gasteiger partial charge in [0.1, 0.15) is 0 Å². The number of thioether (sulfide) groups is 1. The molecule has 2 nitrogen and oxygen atoms in total. The van der Waals surface area contributed by atoms with Crippen molar-refractivity contribution >= 4 is 11.8 Å². The van der Waals surface area contributed by atoms with Crippen LogP contribution in [-0.2, 0) is 12.3 Å². The largest absolute Gasteiger partial charge is 0.326 e. The Morgan fingerprint density at radius 2 is 1.88 bits per heavy atom. The van der Waals surface area contributed by atoms with Gasteiger partial charge in [0.25, 0.3) is 0 Å². The predicted octanol–water partition coefficient (Wildman–Crippen LogP) is 2.83. The van der Waals surface area contributed by atoms with Crippen molar-refractivity contribution in [1.29, 1.82) is 0 Å². The molecule has 0 fully saturated rings. The zero-order chi connectivity index (χ0) is 11.2. The molecule has 0 saturated heterocycles. The SMILES string of the molecule is NCc1ccc(SCc2cccnc2)cc1. The standard InChI is InChI=1S/C13H14N2S/c14-8-11-3-5-13(6-4-11)16-10-12-2-1-7-15-9-12/h1-7,9H,8,10,14H2. The van der Waals surface area contributed by atoms with E-state index in [1.54, 1.807) is 6.20 Å². The van der Waals surface area contributed by atoms with Gasteiger partial charge < -0.3 is 5.73 Å². The van der Waals surface area contributed by atoms with Crippen molar-refractivity contribution in [2.24, 2.45) is 5.73 Å². The maximum atomic E-state index is 5.55. The maximum Gasteiger partial charge on any atom is 0.0308 e. The van der Waals surface area contributed by atoms with Crippen LogP contribution in [0.4, 0.5) is 0 Å². The summed E-state index contributed by atoms with van der Waals surface area (Å²) in [6.07, 6.45) is 3.70. The lowest BCUT2D eigenvalue weighted by Gasteiger charge is -2.02. The molecule has 1 aromatic carbocycles. The number of nitrogens with two attached hydrogens (primary N) is 1. The molecule has 1 heterocycles. The van der Waals surface area contributed by atoms with E-state index in [1.807, 2.05) is 24.0 Å². The first-order chi connectivity index (χ1) is 7.88. The van der Waals surface area contributed by atoms with Crippen molar-refractivity contribution in [2.75, 3.05) is 0 Å². The minimum Gasteiger partial charge on any atom is -0.326 e. The molecular formula is C13H14N2S. The van der Waals surface area contributed by atoms with E-state index >= 15 is 0 Å². The summed E-state index contributed by atoms with van der Waals surface area (Å²) in [5, 5.41) is 0. The van der Waals surface area contributed by atoms with Crippen molar-refractivity contribution < 1.29 is 0 Å². The van der Waals surface area contributed by atoms with Gasteiger partial charge in [0.2, 0.25) is 0 Å². The number of aromatic nitrogens is 1. The number of hydrogen-bond donors (Lipinski definition) is 1. The van der Waals surface area contributed by atoms with Crippen molar-refractivity contribution in [3.63, 3.8) is 0 Å². The molecule has 0 aliphatic rings. The van der Waals surface area contributed by atoms with Crippen molar-refractivity contribution in [2.45, 2.75) is 17.2 Å². The summed E-state index contributed by atoms with van der Waals surface area (Å²) >= 11 is 1.81. The molecule has 16 heavy (non-hydrogen) atoms. The smallest absolute Gasteiger partial charge is 0.0308 e. The quantitative estimate of drug-likeness (QED) is 0.821. The summed E-state index contributed by atoms with van der Waals surface area (Å²) in [7, 11) is 0. The van der Waals surface area contributed by atoms with Crippen LogP contribution >= 0.6 is 11.8 Å². The first-order valence-corrected chi connectivity index (χ1v) is 6.18. The number of hydrogen-bond acceptors (Lipinski definition) is 3. The molecule has 82 valence electrons. The van der Waals surface area contributed by atoms with E-state index < -0.39 is 0 Å². The van der Waals surface area contributed by atoms with E-state index in [2.05, 4.69) is 35.3 Å². The molecule has 0 unspecified atom stereocenters. The molecule has 0 aliphatic carbocycles. The second-order valence-corrected chi connectivity index (χ2v) is 4.55. The third-order valence-electron chi connectivity index (χ3n) is 2.29. The Hall–Kier alpha value is -1.32. The second-order valence-electron chi connectivity index (χ2n) is 3.50. The second kappa shape index (κ2) is 5.68. The van der Waals surface area contributed by atoms with Crippen LogP contribution in [0.5, 0.6) is 0 Å². The zero-order valence-corrected chi connectivity index (χ0v) is 9.78. The van der Waals surface area contributed by atoms with Crippen molar-refractivity contribution in [1.82, 2.24) is 4.98 Å². The molecule has 3 heteroatoms. The maximum absolute atomic E-state index is 5.55. The lowest BCUT2D eigenvalue weighted by atomic mass is 10.2.